The van der Waals surface area contributed by atoms with Gasteiger partial charge in [-0.15, -0.1) is 0 Å². The molecule has 0 nitrogen and oxygen atoms in total. The highest BCUT2D eigenvalue weighted by Gasteiger charge is 2.61. The van der Waals surface area contributed by atoms with Gasteiger partial charge in [-0.2, -0.15) is 0 Å². The highest BCUT2D eigenvalue weighted by molar-refractivity contribution is 5.10. The minimum absolute atomic E-state index is 0.751. The van der Waals surface area contributed by atoms with E-state index in [0.717, 1.165) is 40.4 Å². The predicted molar refractivity (Wildman–Crippen MR) is 83.3 cm³/mol. The Morgan fingerprint density at radius 2 is 1.70 bits per heavy atom. The van der Waals surface area contributed by atoms with Gasteiger partial charge in [0, 0.05) is 0 Å². The average molecular weight is 272 g/mol. The summed E-state index contributed by atoms with van der Waals surface area (Å²) in [4.78, 5) is 0. The lowest BCUT2D eigenvalue weighted by atomic mass is 9.45. The van der Waals surface area contributed by atoms with Gasteiger partial charge in [-0.05, 0) is 104 Å². The Bertz CT molecular complexity index is 426. The summed E-state index contributed by atoms with van der Waals surface area (Å²) in [5.41, 5.74) is 1.51. The van der Waals surface area contributed by atoms with Gasteiger partial charge in [-0.1, -0.05) is 20.3 Å². The normalized spacial score (nSPS) is 63.9. The molecule has 0 saturated heterocycles. The second-order valence-corrected chi connectivity index (χ2v) is 9.94. The predicted octanol–water partition coefficient (Wildman–Crippen LogP) is 5.67. The van der Waals surface area contributed by atoms with Gasteiger partial charge >= 0.3 is 0 Å². The molecule has 5 rings (SSSR count). The maximum absolute atomic E-state index is 2.74. The van der Waals surface area contributed by atoms with E-state index in [4.69, 9.17) is 0 Å². The Hall–Kier alpha value is 0. The molecular weight excluding hydrogens is 240 g/mol. The molecule has 0 radical (unpaired) electrons. The van der Waals surface area contributed by atoms with Crippen molar-refractivity contribution in [2.24, 2.45) is 46.3 Å². The molecule has 0 N–H and O–H groups in total. The van der Waals surface area contributed by atoms with E-state index in [1.807, 2.05) is 0 Å². The van der Waals surface area contributed by atoms with Gasteiger partial charge in [0.1, 0.15) is 0 Å². The lowest BCUT2D eigenvalue weighted by molar-refractivity contribution is -0.105. The van der Waals surface area contributed by atoms with E-state index in [2.05, 4.69) is 13.8 Å². The molecule has 0 aliphatic heterocycles. The smallest absolute Gasteiger partial charge is 0.0264 e. The van der Waals surface area contributed by atoms with Crippen molar-refractivity contribution in [3.05, 3.63) is 0 Å². The largest absolute Gasteiger partial charge is 0.0594 e. The van der Waals surface area contributed by atoms with Crippen LogP contribution in [0.25, 0.3) is 0 Å². The fraction of sp³-hybridized carbons (Fsp3) is 1.00. The van der Waals surface area contributed by atoms with E-state index in [9.17, 15) is 0 Å². The fourth-order valence-electron chi connectivity index (χ4n) is 8.01. The Balaban J connectivity index is 1.48. The number of rotatable bonds is 0. The van der Waals surface area contributed by atoms with E-state index in [1.54, 1.807) is 57.8 Å². The molecule has 0 heterocycles. The fourth-order valence-corrected chi connectivity index (χ4v) is 8.01. The summed E-state index contributed by atoms with van der Waals surface area (Å²) in [5, 5.41) is 0. The van der Waals surface area contributed by atoms with E-state index in [0.29, 0.717) is 0 Å². The molecule has 0 spiro atoms. The third-order valence-electron chi connectivity index (χ3n) is 9.20. The van der Waals surface area contributed by atoms with Crippen molar-refractivity contribution in [1.29, 1.82) is 0 Å². The van der Waals surface area contributed by atoms with Crippen molar-refractivity contribution in [3.63, 3.8) is 0 Å². The number of hydrogen-bond donors (Lipinski definition) is 0. The zero-order chi connectivity index (χ0) is 13.5. The molecule has 0 aromatic heterocycles. The molecule has 20 heavy (non-hydrogen) atoms. The first-order valence-electron chi connectivity index (χ1n) is 9.60. The van der Waals surface area contributed by atoms with Crippen LogP contribution in [0.5, 0.6) is 0 Å². The molecule has 112 valence electrons. The molecule has 0 bridgehead atoms. The second kappa shape index (κ2) is 3.85. The van der Waals surface area contributed by atoms with Crippen LogP contribution >= 0.6 is 0 Å². The van der Waals surface area contributed by atoms with Gasteiger partial charge in [0.2, 0.25) is 0 Å². The summed E-state index contributed by atoms with van der Waals surface area (Å²) in [5.74, 6) is 6.78. The van der Waals surface area contributed by atoms with E-state index in [-0.39, 0.29) is 0 Å². The van der Waals surface area contributed by atoms with Crippen LogP contribution in [-0.2, 0) is 0 Å². The van der Waals surface area contributed by atoms with E-state index < -0.39 is 0 Å². The van der Waals surface area contributed by atoms with Gasteiger partial charge in [-0.25, -0.2) is 0 Å². The first-order valence-corrected chi connectivity index (χ1v) is 9.60. The van der Waals surface area contributed by atoms with E-state index in [1.165, 1.54) is 12.3 Å². The molecule has 0 amide bonds. The lowest BCUT2D eigenvalue weighted by Crippen LogP contribution is -2.52. The van der Waals surface area contributed by atoms with Gasteiger partial charge < -0.3 is 0 Å². The van der Waals surface area contributed by atoms with Crippen molar-refractivity contribution in [1.82, 2.24) is 0 Å². The molecular formula is C20H32. The van der Waals surface area contributed by atoms with Crippen LogP contribution < -0.4 is 0 Å². The lowest BCUT2D eigenvalue weighted by Gasteiger charge is -2.60. The zero-order valence-corrected chi connectivity index (χ0v) is 13.5. The molecule has 5 aliphatic rings. The van der Waals surface area contributed by atoms with Gasteiger partial charge in [0.15, 0.2) is 0 Å². The maximum Gasteiger partial charge on any atom is -0.0264 e. The minimum atomic E-state index is 0.751. The van der Waals surface area contributed by atoms with Crippen LogP contribution in [0.1, 0.15) is 78.1 Å². The molecule has 8 atom stereocenters. The Morgan fingerprint density at radius 1 is 0.800 bits per heavy atom. The first-order chi connectivity index (χ1) is 9.60. The summed E-state index contributed by atoms with van der Waals surface area (Å²) < 4.78 is 0. The SMILES string of the molecule is C[C@@]12CCCC1C1CCC3CC4CC4C[C@]3(C)C1CC2. The maximum atomic E-state index is 2.74. The van der Waals surface area contributed by atoms with Crippen LogP contribution in [0.3, 0.4) is 0 Å². The van der Waals surface area contributed by atoms with E-state index >= 15 is 0 Å². The number of fused-ring (bicyclic) bond motifs is 6. The van der Waals surface area contributed by atoms with Crippen molar-refractivity contribution >= 4 is 0 Å². The van der Waals surface area contributed by atoms with Crippen molar-refractivity contribution in [3.8, 4) is 0 Å². The third kappa shape index (κ3) is 1.49. The Kier molecular flexibility index (Phi) is 2.41. The van der Waals surface area contributed by atoms with Crippen LogP contribution in [0.4, 0.5) is 0 Å². The van der Waals surface area contributed by atoms with Crippen LogP contribution in [0.2, 0.25) is 0 Å². The van der Waals surface area contributed by atoms with Crippen LogP contribution in [0, 0.1) is 46.3 Å². The highest BCUT2D eigenvalue weighted by atomic mass is 14.7. The Labute approximate surface area is 125 Å². The monoisotopic (exact) mass is 272 g/mol. The molecule has 0 heteroatoms. The summed E-state index contributed by atoms with van der Waals surface area (Å²) >= 11 is 0. The standard InChI is InChI=1S/C20H32/c1-19-8-3-4-17(19)16-6-5-15-11-13-10-14(13)12-20(15,2)18(16)7-9-19/h13-18H,3-12H2,1-2H3/t13?,14?,15?,16?,17?,18?,19-,20-/m0/s1. The molecule has 5 aliphatic carbocycles. The summed E-state index contributed by atoms with van der Waals surface area (Å²) in [6.07, 6.45) is 15.8. The quantitative estimate of drug-likeness (QED) is 0.533. The van der Waals surface area contributed by atoms with Crippen molar-refractivity contribution in [2.45, 2.75) is 78.1 Å². The molecule has 5 saturated carbocycles. The zero-order valence-electron chi connectivity index (χ0n) is 13.5. The van der Waals surface area contributed by atoms with Crippen LogP contribution in [0.15, 0.2) is 0 Å². The molecule has 0 aromatic carbocycles. The summed E-state index contributed by atoms with van der Waals surface area (Å²) in [6, 6.07) is 0. The van der Waals surface area contributed by atoms with Crippen LogP contribution in [-0.4, -0.2) is 0 Å². The van der Waals surface area contributed by atoms with Gasteiger partial charge in [0.05, 0.1) is 0 Å². The number of hydrogen-bond acceptors (Lipinski definition) is 0. The first kappa shape index (κ1) is 12.5. The summed E-state index contributed by atoms with van der Waals surface area (Å²) in [6.45, 7) is 5.38. The molecule has 5 fully saturated rings. The average Bonchev–Trinajstić information content (AvgIpc) is 3.03. The highest BCUT2D eigenvalue weighted by Crippen LogP contribution is 2.70. The van der Waals surface area contributed by atoms with Gasteiger partial charge in [-0.3, -0.25) is 0 Å². The van der Waals surface area contributed by atoms with Crippen molar-refractivity contribution in [2.75, 3.05) is 0 Å². The Morgan fingerprint density at radius 3 is 2.60 bits per heavy atom. The second-order valence-electron chi connectivity index (χ2n) is 9.94. The third-order valence-corrected chi connectivity index (χ3v) is 9.20. The molecule has 6 unspecified atom stereocenters. The minimum Gasteiger partial charge on any atom is -0.0594 e. The topological polar surface area (TPSA) is 0 Å². The van der Waals surface area contributed by atoms with Gasteiger partial charge in [0.25, 0.3) is 0 Å². The van der Waals surface area contributed by atoms with Crippen molar-refractivity contribution < 1.29 is 0 Å². The molecule has 0 aromatic rings. The summed E-state index contributed by atoms with van der Waals surface area (Å²) in [7, 11) is 0.